The maximum Gasteiger partial charge on any atom is 0.237 e. The molecule has 1 atom stereocenters. The Morgan fingerprint density at radius 2 is 2.08 bits per heavy atom. The first kappa shape index (κ1) is 18.8. The molecule has 2 rings (SSSR count). The van der Waals surface area contributed by atoms with Crippen molar-refractivity contribution in [2.24, 2.45) is 5.92 Å². The summed E-state index contributed by atoms with van der Waals surface area (Å²) >= 11 is 0. The number of piperidine rings is 1. The monoisotopic (exact) mass is 360 g/mol. The van der Waals surface area contributed by atoms with E-state index >= 15 is 0 Å². The zero-order valence-corrected chi connectivity index (χ0v) is 14.4. The third-order valence-corrected chi connectivity index (χ3v) is 4.85. The summed E-state index contributed by atoms with van der Waals surface area (Å²) in [5, 5.41) is 0. The highest BCUT2D eigenvalue weighted by Gasteiger charge is 2.23. The zero-order chi connectivity index (χ0) is 17.7. The van der Waals surface area contributed by atoms with Crippen LogP contribution in [0.2, 0.25) is 0 Å². The van der Waals surface area contributed by atoms with Gasteiger partial charge in [-0.2, -0.15) is 0 Å². The quantitative estimate of drug-likeness (QED) is 0.839. The fourth-order valence-corrected chi connectivity index (χ4v) is 3.28. The molecule has 24 heavy (non-hydrogen) atoms. The number of nitrogens with one attached hydrogen (secondary N) is 1. The molecule has 1 amide bonds. The molecule has 0 aliphatic carbocycles. The molecule has 0 saturated carbocycles. The van der Waals surface area contributed by atoms with Crippen LogP contribution in [0.15, 0.2) is 18.2 Å². The average molecular weight is 360 g/mol. The van der Waals surface area contributed by atoms with Crippen LogP contribution in [0, 0.1) is 17.6 Å². The van der Waals surface area contributed by atoms with Gasteiger partial charge in [-0.25, -0.2) is 21.9 Å². The van der Waals surface area contributed by atoms with Gasteiger partial charge in [-0.3, -0.25) is 4.79 Å². The molecule has 1 aromatic carbocycles. The number of benzene rings is 1. The van der Waals surface area contributed by atoms with Crippen molar-refractivity contribution in [3.05, 3.63) is 35.4 Å². The van der Waals surface area contributed by atoms with Gasteiger partial charge in [0.1, 0.15) is 0 Å². The maximum absolute atomic E-state index is 13.2. The molecule has 0 radical (unpaired) electrons. The fraction of sp³-hybridized carbons (Fsp3) is 0.562. The summed E-state index contributed by atoms with van der Waals surface area (Å²) in [6.07, 6.45) is 4.22. The molecule has 0 bridgehead atoms. The Labute approximate surface area is 141 Å². The maximum atomic E-state index is 13.2. The first-order valence-corrected chi connectivity index (χ1v) is 9.80. The molecule has 0 unspecified atom stereocenters. The number of sulfonamides is 1. The Balaban J connectivity index is 1.84. The summed E-state index contributed by atoms with van der Waals surface area (Å²) in [6.45, 7) is 0.953. The van der Waals surface area contributed by atoms with Gasteiger partial charge < -0.3 is 4.90 Å². The van der Waals surface area contributed by atoms with Crippen LogP contribution in [-0.4, -0.2) is 45.1 Å². The van der Waals surface area contributed by atoms with Gasteiger partial charge in [0.2, 0.25) is 15.9 Å². The molecule has 1 aromatic rings. The van der Waals surface area contributed by atoms with Crippen LogP contribution in [0.3, 0.4) is 0 Å². The van der Waals surface area contributed by atoms with Gasteiger partial charge in [-0.05, 0) is 49.3 Å². The number of nitrogens with zero attached hydrogens (tertiary/aromatic N) is 1. The van der Waals surface area contributed by atoms with Gasteiger partial charge in [-0.1, -0.05) is 6.07 Å². The summed E-state index contributed by atoms with van der Waals surface area (Å²) in [4.78, 5) is 13.7. The first-order valence-electron chi connectivity index (χ1n) is 7.91. The van der Waals surface area contributed by atoms with Gasteiger partial charge in [-0.15, -0.1) is 0 Å². The topological polar surface area (TPSA) is 66.5 Å². The minimum atomic E-state index is -3.39. The van der Waals surface area contributed by atoms with Crippen molar-refractivity contribution in [3.63, 3.8) is 0 Å². The van der Waals surface area contributed by atoms with E-state index < -0.39 is 21.7 Å². The van der Waals surface area contributed by atoms with Crippen molar-refractivity contribution in [3.8, 4) is 0 Å². The summed E-state index contributed by atoms with van der Waals surface area (Å²) in [7, 11) is -3.39. The Bertz CT molecular complexity index is 695. The van der Waals surface area contributed by atoms with E-state index in [0.717, 1.165) is 37.1 Å². The van der Waals surface area contributed by atoms with Crippen molar-refractivity contribution in [2.45, 2.75) is 25.7 Å². The van der Waals surface area contributed by atoms with Crippen LogP contribution in [0.4, 0.5) is 8.78 Å². The Hall–Kier alpha value is -1.54. The summed E-state index contributed by atoms with van der Waals surface area (Å²) in [6, 6.07) is 3.90. The van der Waals surface area contributed by atoms with E-state index in [4.69, 9.17) is 0 Å². The minimum Gasteiger partial charge on any atom is -0.341 e. The lowest BCUT2D eigenvalue weighted by Gasteiger charge is -2.33. The molecule has 1 aliphatic heterocycles. The van der Waals surface area contributed by atoms with Crippen LogP contribution < -0.4 is 4.72 Å². The largest absolute Gasteiger partial charge is 0.341 e. The van der Waals surface area contributed by atoms with Crippen molar-refractivity contribution < 1.29 is 22.0 Å². The third kappa shape index (κ3) is 5.83. The molecule has 1 fully saturated rings. The summed E-state index contributed by atoms with van der Waals surface area (Å²) in [5.41, 5.74) is 0.732. The van der Waals surface area contributed by atoms with E-state index in [0.29, 0.717) is 19.5 Å². The number of carbonyl (C=O) groups excluding carboxylic acids is 1. The molecule has 8 heteroatoms. The molecule has 0 aromatic heterocycles. The normalized spacial score (nSPS) is 18.6. The number of hydrogen-bond donors (Lipinski definition) is 1. The highest BCUT2D eigenvalue weighted by Crippen LogP contribution is 2.22. The second-order valence-corrected chi connectivity index (χ2v) is 8.06. The summed E-state index contributed by atoms with van der Waals surface area (Å²) < 4.78 is 50.4. The SMILES string of the molecule is CS(=O)(=O)NCC(=O)N1CCC[C@@H](CCc2ccc(F)c(F)c2)C1. The van der Waals surface area contributed by atoms with Gasteiger partial charge in [0.05, 0.1) is 12.8 Å². The second-order valence-electron chi connectivity index (χ2n) is 6.23. The van der Waals surface area contributed by atoms with Crippen LogP contribution in [0.25, 0.3) is 0 Å². The Morgan fingerprint density at radius 3 is 2.75 bits per heavy atom. The van der Waals surface area contributed by atoms with Crippen LogP contribution in [-0.2, 0) is 21.2 Å². The van der Waals surface area contributed by atoms with Gasteiger partial charge in [0, 0.05) is 13.1 Å². The molecule has 0 spiro atoms. The number of amides is 1. The predicted octanol–water partition coefficient (Wildman–Crippen LogP) is 1.69. The Morgan fingerprint density at radius 1 is 1.33 bits per heavy atom. The predicted molar refractivity (Wildman–Crippen MR) is 86.8 cm³/mol. The smallest absolute Gasteiger partial charge is 0.237 e. The lowest BCUT2D eigenvalue weighted by atomic mass is 9.91. The van der Waals surface area contributed by atoms with Gasteiger partial charge in [0.15, 0.2) is 11.6 Å². The van der Waals surface area contributed by atoms with Gasteiger partial charge in [0.25, 0.3) is 0 Å². The van der Waals surface area contributed by atoms with E-state index in [1.807, 2.05) is 0 Å². The highest BCUT2D eigenvalue weighted by atomic mass is 32.2. The minimum absolute atomic E-state index is 0.227. The Kier molecular flexibility index (Phi) is 6.28. The van der Waals surface area contributed by atoms with Crippen LogP contribution >= 0.6 is 0 Å². The molecule has 5 nitrogen and oxygen atoms in total. The van der Waals surface area contributed by atoms with E-state index in [2.05, 4.69) is 4.72 Å². The lowest BCUT2D eigenvalue weighted by molar-refractivity contribution is -0.131. The number of likely N-dealkylation sites (tertiary alicyclic amines) is 1. The molecule has 1 N–H and O–H groups in total. The van der Waals surface area contributed by atoms with E-state index in [1.54, 1.807) is 11.0 Å². The highest BCUT2D eigenvalue weighted by molar-refractivity contribution is 7.88. The molecule has 1 heterocycles. The molecular weight excluding hydrogens is 338 g/mol. The average Bonchev–Trinajstić information content (AvgIpc) is 2.53. The number of carbonyl (C=O) groups is 1. The molecular formula is C16H22F2N2O3S. The first-order chi connectivity index (χ1) is 11.2. The van der Waals surface area contributed by atoms with Gasteiger partial charge >= 0.3 is 0 Å². The third-order valence-electron chi connectivity index (χ3n) is 4.18. The van der Waals surface area contributed by atoms with Crippen LogP contribution in [0.1, 0.15) is 24.8 Å². The van der Waals surface area contributed by atoms with E-state index in [-0.39, 0.29) is 18.4 Å². The number of rotatable bonds is 6. The fourth-order valence-electron chi connectivity index (χ4n) is 2.90. The standard InChI is InChI=1S/C16H22F2N2O3S/c1-24(22,23)19-10-16(21)20-8-2-3-13(11-20)5-4-12-6-7-14(17)15(18)9-12/h6-7,9,13,19H,2-5,8,10-11H2,1H3/t13-/m0/s1. The number of halogens is 2. The van der Waals surface area contributed by atoms with Crippen LogP contribution in [0.5, 0.6) is 0 Å². The second kappa shape index (κ2) is 8.02. The molecule has 1 aliphatic rings. The number of hydrogen-bond acceptors (Lipinski definition) is 3. The molecule has 1 saturated heterocycles. The van der Waals surface area contributed by atoms with E-state index in [1.165, 1.54) is 6.07 Å². The zero-order valence-electron chi connectivity index (χ0n) is 13.6. The van der Waals surface area contributed by atoms with Crippen molar-refractivity contribution >= 4 is 15.9 Å². The van der Waals surface area contributed by atoms with Crippen molar-refractivity contribution in [1.29, 1.82) is 0 Å². The summed E-state index contributed by atoms with van der Waals surface area (Å²) in [5.74, 6) is -1.67. The van der Waals surface area contributed by atoms with Crippen molar-refractivity contribution in [2.75, 3.05) is 25.9 Å². The molecule has 134 valence electrons. The number of aryl methyl sites for hydroxylation is 1. The van der Waals surface area contributed by atoms with E-state index in [9.17, 15) is 22.0 Å². The lowest BCUT2D eigenvalue weighted by Crippen LogP contribution is -2.44. The van der Waals surface area contributed by atoms with Crippen molar-refractivity contribution in [1.82, 2.24) is 9.62 Å².